The number of hydrogen-bond donors (Lipinski definition) is 0. The van der Waals surface area contributed by atoms with Crippen LogP contribution in [-0.4, -0.2) is 26.1 Å². The van der Waals surface area contributed by atoms with Crippen LogP contribution < -0.4 is 4.90 Å². The normalized spacial score (nSPS) is 11.5. The summed E-state index contributed by atoms with van der Waals surface area (Å²) in [6.07, 6.45) is 7.12. The fraction of sp³-hybridized carbons (Fsp3) is 0.350. The Hall–Kier alpha value is -2.69. The predicted molar refractivity (Wildman–Crippen MR) is 101 cm³/mol. The van der Waals surface area contributed by atoms with E-state index in [1.165, 1.54) is 11.1 Å². The lowest BCUT2D eigenvalue weighted by molar-refractivity contribution is 0.407. The summed E-state index contributed by atoms with van der Waals surface area (Å²) in [5.41, 5.74) is 3.73. The first-order valence-corrected chi connectivity index (χ1v) is 8.49. The molecule has 25 heavy (non-hydrogen) atoms. The van der Waals surface area contributed by atoms with Gasteiger partial charge in [-0.3, -0.25) is 0 Å². The van der Waals surface area contributed by atoms with Crippen molar-refractivity contribution < 1.29 is 0 Å². The van der Waals surface area contributed by atoms with Crippen LogP contribution in [0.5, 0.6) is 0 Å². The van der Waals surface area contributed by atoms with Gasteiger partial charge in [-0.05, 0) is 22.6 Å². The standard InChI is InChI=1S/C20H25N5/c1-20(2,3)13-25(19-9-10-21-14-23-19)12-16-5-7-17(8-6-16)18-11-22-15-24(18)4/h5-11,14-15H,12-13H2,1-4H3. The van der Waals surface area contributed by atoms with Crippen molar-refractivity contribution in [2.75, 3.05) is 11.4 Å². The molecule has 3 aromatic rings. The average molecular weight is 335 g/mol. The maximum atomic E-state index is 4.43. The Morgan fingerprint density at radius 1 is 1.04 bits per heavy atom. The Kier molecular flexibility index (Phi) is 4.83. The highest BCUT2D eigenvalue weighted by Crippen LogP contribution is 2.23. The van der Waals surface area contributed by atoms with E-state index < -0.39 is 0 Å². The lowest BCUT2D eigenvalue weighted by Crippen LogP contribution is -2.32. The van der Waals surface area contributed by atoms with Crippen molar-refractivity contribution in [3.63, 3.8) is 0 Å². The van der Waals surface area contributed by atoms with Crippen LogP contribution in [0.2, 0.25) is 0 Å². The monoisotopic (exact) mass is 335 g/mol. The van der Waals surface area contributed by atoms with Gasteiger partial charge in [0.15, 0.2) is 0 Å². The number of benzene rings is 1. The molecule has 0 unspecified atom stereocenters. The van der Waals surface area contributed by atoms with Gasteiger partial charge in [-0.25, -0.2) is 15.0 Å². The minimum atomic E-state index is 0.180. The second kappa shape index (κ2) is 7.05. The van der Waals surface area contributed by atoms with E-state index in [2.05, 4.69) is 64.9 Å². The Bertz CT molecular complexity index is 800. The first kappa shape index (κ1) is 17.1. The Balaban J connectivity index is 1.81. The SMILES string of the molecule is Cn1cncc1-c1ccc(CN(CC(C)(C)C)c2ccncn2)cc1. The van der Waals surface area contributed by atoms with Crippen molar-refractivity contribution in [3.8, 4) is 11.3 Å². The molecule has 0 N–H and O–H groups in total. The summed E-state index contributed by atoms with van der Waals surface area (Å²) < 4.78 is 2.03. The molecular weight excluding hydrogens is 310 g/mol. The third-order valence-electron chi connectivity index (χ3n) is 4.00. The van der Waals surface area contributed by atoms with E-state index in [9.17, 15) is 0 Å². The highest BCUT2D eigenvalue weighted by Gasteiger charge is 2.18. The van der Waals surface area contributed by atoms with Crippen molar-refractivity contribution in [1.82, 2.24) is 19.5 Å². The van der Waals surface area contributed by atoms with Crippen LogP contribution in [0.15, 0.2) is 55.4 Å². The fourth-order valence-electron chi connectivity index (χ4n) is 2.90. The molecule has 0 radical (unpaired) electrons. The van der Waals surface area contributed by atoms with Gasteiger partial charge in [0, 0.05) is 26.3 Å². The second-order valence-electron chi connectivity index (χ2n) is 7.57. The molecule has 1 aromatic carbocycles. The summed E-state index contributed by atoms with van der Waals surface area (Å²) in [6.45, 7) is 8.47. The molecule has 0 aliphatic carbocycles. The lowest BCUT2D eigenvalue weighted by atomic mass is 9.95. The highest BCUT2D eigenvalue weighted by molar-refractivity contribution is 5.59. The van der Waals surface area contributed by atoms with Gasteiger partial charge in [-0.1, -0.05) is 45.0 Å². The highest BCUT2D eigenvalue weighted by atomic mass is 15.2. The van der Waals surface area contributed by atoms with Crippen molar-refractivity contribution in [2.24, 2.45) is 12.5 Å². The minimum Gasteiger partial charge on any atom is -0.352 e. The average Bonchev–Trinajstić information content (AvgIpc) is 3.01. The molecule has 0 aliphatic rings. The number of hydrogen-bond acceptors (Lipinski definition) is 4. The first-order chi connectivity index (χ1) is 11.9. The molecule has 130 valence electrons. The van der Waals surface area contributed by atoms with Gasteiger partial charge in [0.05, 0.1) is 18.2 Å². The topological polar surface area (TPSA) is 46.8 Å². The molecule has 5 heteroatoms. The Morgan fingerprint density at radius 2 is 1.80 bits per heavy atom. The van der Waals surface area contributed by atoms with Crippen molar-refractivity contribution in [3.05, 3.63) is 60.9 Å². The summed E-state index contributed by atoms with van der Waals surface area (Å²) in [7, 11) is 2.01. The number of imidazole rings is 1. The largest absolute Gasteiger partial charge is 0.352 e. The van der Waals surface area contributed by atoms with Crippen LogP contribution in [0.4, 0.5) is 5.82 Å². The zero-order valence-electron chi connectivity index (χ0n) is 15.3. The quantitative estimate of drug-likeness (QED) is 0.709. The molecule has 0 saturated heterocycles. The van der Waals surface area contributed by atoms with Gasteiger partial charge in [-0.15, -0.1) is 0 Å². The van der Waals surface area contributed by atoms with Crippen LogP contribution in [0, 0.1) is 5.41 Å². The zero-order valence-corrected chi connectivity index (χ0v) is 15.3. The zero-order chi connectivity index (χ0) is 17.9. The van der Waals surface area contributed by atoms with E-state index >= 15 is 0 Å². The van der Waals surface area contributed by atoms with Crippen LogP contribution >= 0.6 is 0 Å². The summed E-state index contributed by atoms with van der Waals surface area (Å²) in [5, 5.41) is 0. The van der Waals surface area contributed by atoms with Gasteiger partial charge in [-0.2, -0.15) is 0 Å². The van der Waals surface area contributed by atoms with E-state index in [0.29, 0.717) is 0 Å². The smallest absolute Gasteiger partial charge is 0.132 e. The molecule has 0 aliphatic heterocycles. The van der Waals surface area contributed by atoms with Gasteiger partial charge >= 0.3 is 0 Å². The van der Waals surface area contributed by atoms with E-state index in [4.69, 9.17) is 0 Å². The second-order valence-corrected chi connectivity index (χ2v) is 7.57. The molecule has 0 atom stereocenters. The number of aryl methyl sites for hydroxylation is 1. The van der Waals surface area contributed by atoms with Crippen LogP contribution in [0.1, 0.15) is 26.3 Å². The number of anilines is 1. The Morgan fingerprint density at radius 3 is 2.36 bits per heavy atom. The molecule has 0 fully saturated rings. The maximum absolute atomic E-state index is 4.43. The molecule has 2 heterocycles. The van der Waals surface area contributed by atoms with E-state index in [1.54, 1.807) is 12.5 Å². The molecular formula is C20H25N5. The van der Waals surface area contributed by atoms with E-state index in [0.717, 1.165) is 24.6 Å². The van der Waals surface area contributed by atoms with Crippen LogP contribution in [0.25, 0.3) is 11.3 Å². The number of aromatic nitrogens is 4. The molecule has 2 aromatic heterocycles. The first-order valence-electron chi connectivity index (χ1n) is 8.49. The Labute approximate surface area is 149 Å². The maximum Gasteiger partial charge on any atom is 0.132 e. The lowest BCUT2D eigenvalue weighted by Gasteiger charge is -2.31. The summed E-state index contributed by atoms with van der Waals surface area (Å²) in [4.78, 5) is 15.0. The predicted octanol–water partition coefficient (Wildman–Crippen LogP) is 3.93. The summed E-state index contributed by atoms with van der Waals surface area (Å²) in [6, 6.07) is 10.6. The third-order valence-corrected chi connectivity index (χ3v) is 4.00. The molecule has 0 bridgehead atoms. The molecule has 3 rings (SSSR count). The molecule has 5 nitrogen and oxygen atoms in total. The van der Waals surface area contributed by atoms with E-state index in [1.807, 2.05) is 30.2 Å². The third kappa shape index (κ3) is 4.44. The van der Waals surface area contributed by atoms with Crippen LogP contribution in [0.3, 0.4) is 0 Å². The fourth-order valence-corrected chi connectivity index (χ4v) is 2.90. The molecule has 0 saturated carbocycles. The van der Waals surface area contributed by atoms with Crippen molar-refractivity contribution in [1.29, 1.82) is 0 Å². The minimum absolute atomic E-state index is 0.180. The van der Waals surface area contributed by atoms with Gasteiger partial charge in [0.25, 0.3) is 0 Å². The van der Waals surface area contributed by atoms with Crippen molar-refractivity contribution in [2.45, 2.75) is 27.3 Å². The summed E-state index contributed by atoms with van der Waals surface area (Å²) >= 11 is 0. The number of rotatable bonds is 5. The summed E-state index contributed by atoms with van der Waals surface area (Å²) in [5.74, 6) is 0.959. The van der Waals surface area contributed by atoms with Gasteiger partial charge < -0.3 is 9.47 Å². The van der Waals surface area contributed by atoms with Gasteiger partial charge in [0.1, 0.15) is 12.1 Å². The van der Waals surface area contributed by atoms with Crippen LogP contribution in [-0.2, 0) is 13.6 Å². The van der Waals surface area contributed by atoms with E-state index in [-0.39, 0.29) is 5.41 Å². The molecule has 0 spiro atoms. The van der Waals surface area contributed by atoms with Crippen molar-refractivity contribution >= 4 is 5.82 Å². The number of nitrogens with zero attached hydrogens (tertiary/aromatic N) is 5. The van der Waals surface area contributed by atoms with Gasteiger partial charge in [0.2, 0.25) is 0 Å². The molecule has 0 amide bonds.